The second kappa shape index (κ2) is 10.2. The molecule has 0 aromatic heterocycles. The zero-order valence-corrected chi connectivity index (χ0v) is 16.2. The van der Waals surface area contributed by atoms with Crippen LogP contribution in [0.4, 0.5) is 15.8 Å². The quantitative estimate of drug-likeness (QED) is 0.545. The lowest BCUT2D eigenvalue weighted by molar-refractivity contribution is -0.147. The minimum atomic E-state index is -0.567. The molecule has 154 valence electrons. The lowest BCUT2D eigenvalue weighted by Crippen LogP contribution is -2.21. The Bertz CT molecular complexity index is 1050. The average molecular weight is 408 g/mol. The van der Waals surface area contributed by atoms with E-state index in [4.69, 9.17) is 4.74 Å². The smallest absolute Gasteiger partial charge is 0.306 e. The van der Waals surface area contributed by atoms with E-state index in [1.165, 1.54) is 24.3 Å². The van der Waals surface area contributed by atoms with E-state index in [2.05, 4.69) is 10.6 Å². The minimum Gasteiger partial charge on any atom is -0.456 e. The van der Waals surface area contributed by atoms with Gasteiger partial charge in [-0.3, -0.25) is 14.4 Å². The fourth-order valence-electron chi connectivity index (χ4n) is 2.89. The molecule has 0 unspecified atom stereocenters. The molecule has 2 N–H and O–H groups in total. The maximum atomic E-state index is 12.8. The van der Waals surface area contributed by atoms with E-state index in [1.54, 1.807) is 0 Å². The van der Waals surface area contributed by atoms with Crippen LogP contribution in [-0.2, 0) is 19.1 Å². The Morgan fingerprint density at radius 2 is 1.53 bits per heavy atom. The number of esters is 1. The molecule has 0 heterocycles. The summed E-state index contributed by atoms with van der Waals surface area (Å²) in [6.45, 7) is -0.446. The molecular weight excluding hydrogens is 387 g/mol. The minimum absolute atomic E-state index is 0.0206. The summed E-state index contributed by atoms with van der Waals surface area (Å²) in [5.74, 6) is -1.71. The lowest BCUT2D eigenvalue weighted by Gasteiger charge is -2.09. The van der Waals surface area contributed by atoms with Gasteiger partial charge < -0.3 is 15.4 Å². The van der Waals surface area contributed by atoms with Crippen LogP contribution in [0, 0.1) is 5.82 Å². The first kappa shape index (κ1) is 21.0. The number of fused-ring (bicyclic) bond motifs is 1. The highest BCUT2D eigenvalue weighted by atomic mass is 19.1. The molecule has 0 bridgehead atoms. The highest BCUT2D eigenvalue weighted by Crippen LogP contribution is 2.23. The number of halogens is 1. The van der Waals surface area contributed by atoms with Crippen LogP contribution in [0.25, 0.3) is 10.8 Å². The van der Waals surface area contributed by atoms with Gasteiger partial charge >= 0.3 is 5.97 Å². The van der Waals surface area contributed by atoms with Crippen molar-refractivity contribution in [3.8, 4) is 0 Å². The molecule has 0 fully saturated rings. The molecule has 2 amide bonds. The Hall–Kier alpha value is -3.74. The summed E-state index contributed by atoms with van der Waals surface area (Å²) in [5.41, 5.74) is 1.13. The van der Waals surface area contributed by atoms with Crippen molar-refractivity contribution in [2.75, 3.05) is 17.2 Å². The van der Waals surface area contributed by atoms with Crippen LogP contribution in [0.15, 0.2) is 66.7 Å². The van der Waals surface area contributed by atoms with Crippen LogP contribution in [-0.4, -0.2) is 24.4 Å². The zero-order valence-electron chi connectivity index (χ0n) is 16.2. The van der Waals surface area contributed by atoms with Gasteiger partial charge in [0.15, 0.2) is 6.61 Å². The highest BCUT2D eigenvalue weighted by Gasteiger charge is 2.10. The summed E-state index contributed by atoms with van der Waals surface area (Å²) >= 11 is 0. The van der Waals surface area contributed by atoms with E-state index in [0.717, 1.165) is 16.5 Å². The van der Waals surface area contributed by atoms with Crippen LogP contribution in [0.1, 0.15) is 19.3 Å². The third-order valence-electron chi connectivity index (χ3n) is 4.34. The predicted octanol–water partition coefficient (Wildman–Crippen LogP) is 4.27. The van der Waals surface area contributed by atoms with Crippen molar-refractivity contribution in [3.63, 3.8) is 0 Å². The standard InChI is InChI=1S/C23H21FN2O4/c24-17-11-13-18(14-12-17)25-22(28)15-30-23(29)10-4-9-21(27)26-20-8-3-6-16-5-1-2-7-19(16)20/h1-3,5-8,11-14H,4,9-10,15H2,(H,25,28)(H,26,27). The number of benzene rings is 3. The summed E-state index contributed by atoms with van der Waals surface area (Å²) < 4.78 is 17.7. The summed E-state index contributed by atoms with van der Waals surface area (Å²) in [5, 5.41) is 7.32. The Morgan fingerprint density at radius 1 is 0.800 bits per heavy atom. The molecule has 30 heavy (non-hydrogen) atoms. The maximum Gasteiger partial charge on any atom is 0.306 e. The van der Waals surface area contributed by atoms with Gasteiger partial charge in [-0.05, 0) is 42.1 Å². The molecule has 3 aromatic rings. The summed E-state index contributed by atoms with van der Waals surface area (Å²) in [4.78, 5) is 35.7. The SMILES string of the molecule is O=C(COC(=O)CCCC(=O)Nc1cccc2ccccc12)Nc1ccc(F)cc1. The van der Waals surface area contributed by atoms with Gasteiger partial charge in [-0.15, -0.1) is 0 Å². The van der Waals surface area contributed by atoms with Crippen molar-refractivity contribution in [2.24, 2.45) is 0 Å². The van der Waals surface area contributed by atoms with Gasteiger partial charge in [0.05, 0.1) is 0 Å². The average Bonchev–Trinajstić information content (AvgIpc) is 2.74. The number of carbonyl (C=O) groups excluding carboxylic acids is 3. The van der Waals surface area contributed by atoms with E-state index in [0.29, 0.717) is 12.1 Å². The van der Waals surface area contributed by atoms with E-state index in [-0.39, 0.29) is 18.7 Å². The molecule has 3 rings (SSSR count). The molecule has 0 aliphatic carbocycles. The topological polar surface area (TPSA) is 84.5 Å². The summed E-state index contributed by atoms with van der Waals surface area (Å²) in [7, 11) is 0. The Labute approximate surface area is 173 Å². The number of rotatable bonds is 8. The van der Waals surface area contributed by atoms with E-state index in [1.807, 2.05) is 42.5 Å². The normalized spacial score (nSPS) is 10.4. The van der Waals surface area contributed by atoms with Crippen LogP contribution < -0.4 is 10.6 Å². The second-order valence-corrected chi connectivity index (χ2v) is 6.64. The van der Waals surface area contributed by atoms with Crippen molar-refractivity contribution >= 4 is 39.9 Å². The molecule has 0 spiro atoms. The number of amides is 2. The molecule has 0 saturated heterocycles. The van der Waals surface area contributed by atoms with Crippen molar-refractivity contribution in [3.05, 3.63) is 72.5 Å². The molecule has 7 heteroatoms. The van der Waals surface area contributed by atoms with Gasteiger partial charge in [-0.25, -0.2) is 4.39 Å². The molecule has 0 aliphatic heterocycles. The zero-order chi connectivity index (χ0) is 21.3. The molecule has 3 aromatic carbocycles. The lowest BCUT2D eigenvalue weighted by atomic mass is 10.1. The van der Waals surface area contributed by atoms with Crippen molar-refractivity contribution in [2.45, 2.75) is 19.3 Å². The third kappa shape index (κ3) is 6.13. The number of nitrogens with one attached hydrogen (secondary N) is 2. The first-order valence-corrected chi connectivity index (χ1v) is 9.50. The fourth-order valence-corrected chi connectivity index (χ4v) is 2.89. The van der Waals surface area contributed by atoms with E-state index >= 15 is 0 Å². The van der Waals surface area contributed by atoms with Crippen molar-refractivity contribution < 1.29 is 23.5 Å². The van der Waals surface area contributed by atoms with Crippen LogP contribution >= 0.6 is 0 Å². The van der Waals surface area contributed by atoms with Crippen molar-refractivity contribution in [1.82, 2.24) is 0 Å². The third-order valence-corrected chi connectivity index (χ3v) is 4.34. The number of ether oxygens (including phenoxy) is 1. The van der Waals surface area contributed by atoms with Gasteiger partial charge in [0.1, 0.15) is 5.82 Å². The molecule has 6 nitrogen and oxygen atoms in total. The highest BCUT2D eigenvalue weighted by molar-refractivity contribution is 6.02. The van der Waals surface area contributed by atoms with E-state index < -0.39 is 24.3 Å². The number of hydrogen-bond acceptors (Lipinski definition) is 4. The summed E-state index contributed by atoms with van der Waals surface area (Å²) in [6.07, 6.45) is 0.474. The van der Waals surface area contributed by atoms with Gasteiger partial charge in [0.2, 0.25) is 5.91 Å². The monoisotopic (exact) mass is 408 g/mol. The molecule has 0 radical (unpaired) electrons. The van der Waals surface area contributed by atoms with Crippen LogP contribution in [0.2, 0.25) is 0 Å². The number of hydrogen-bond donors (Lipinski definition) is 2. The number of anilines is 2. The first-order valence-electron chi connectivity index (χ1n) is 9.50. The first-order chi connectivity index (χ1) is 14.5. The molecular formula is C23H21FN2O4. The van der Waals surface area contributed by atoms with Gasteiger partial charge in [-0.2, -0.15) is 0 Å². The molecule has 0 saturated carbocycles. The van der Waals surface area contributed by atoms with Crippen LogP contribution in [0.3, 0.4) is 0 Å². The van der Waals surface area contributed by atoms with Crippen LogP contribution in [0.5, 0.6) is 0 Å². The number of carbonyl (C=O) groups is 3. The Balaban J connectivity index is 1.37. The molecule has 0 aliphatic rings. The largest absolute Gasteiger partial charge is 0.456 e. The predicted molar refractivity (Wildman–Crippen MR) is 112 cm³/mol. The summed E-state index contributed by atoms with van der Waals surface area (Å²) in [6, 6.07) is 18.6. The second-order valence-electron chi connectivity index (χ2n) is 6.64. The maximum absolute atomic E-state index is 12.8. The Kier molecular flexibility index (Phi) is 7.10. The van der Waals surface area contributed by atoms with Gasteiger partial charge in [-0.1, -0.05) is 36.4 Å². The van der Waals surface area contributed by atoms with Crippen molar-refractivity contribution in [1.29, 1.82) is 0 Å². The fraction of sp³-hybridized carbons (Fsp3) is 0.174. The van der Waals surface area contributed by atoms with E-state index in [9.17, 15) is 18.8 Å². The Morgan fingerprint density at radius 3 is 2.33 bits per heavy atom. The van der Waals surface area contributed by atoms with Gasteiger partial charge in [0, 0.05) is 29.6 Å². The van der Waals surface area contributed by atoms with Gasteiger partial charge in [0.25, 0.3) is 5.91 Å². The molecule has 0 atom stereocenters.